The summed E-state index contributed by atoms with van der Waals surface area (Å²) < 4.78 is 0. The smallest absolute Gasteiger partial charge is 0.230 e. The Bertz CT molecular complexity index is 540. The Balaban J connectivity index is 1.99. The summed E-state index contributed by atoms with van der Waals surface area (Å²) in [5, 5.41) is 0. The van der Waals surface area contributed by atoms with Gasteiger partial charge in [-0.25, -0.2) is 0 Å². The zero-order chi connectivity index (χ0) is 17.0. The minimum atomic E-state index is -0.351. The van der Waals surface area contributed by atoms with Crippen LogP contribution < -0.4 is 4.90 Å². The molecule has 4 nitrogen and oxygen atoms in total. The lowest BCUT2D eigenvalue weighted by molar-refractivity contribution is -0.142. The van der Waals surface area contributed by atoms with Crippen LogP contribution in [0.15, 0.2) is 30.3 Å². The van der Waals surface area contributed by atoms with Gasteiger partial charge in [0.15, 0.2) is 0 Å². The molecule has 23 heavy (non-hydrogen) atoms. The number of carbonyl (C=O) groups is 2. The third-order valence-corrected chi connectivity index (χ3v) is 4.42. The van der Waals surface area contributed by atoms with Gasteiger partial charge in [0.1, 0.15) is 0 Å². The van der Waals surface area contributed by atoms with Gasteiger partial charge in [0.05, 0.1) is 0 Å². The van der Waals surface area contributed by atoms with Crippen molar-refractivity contribution >= 4 is 17.5 Å². The van der Waals surface area contributed by atoms with E-state index in [0.717, 1.165) is 18.5 Å². The van der Waals surface area contributed by atoms with E-state index in [1.54, 1.807) is 0 Å². The molecule has 0 unspecified atom stereocenters. The summed E-state index contributed by atoms with van der Waals surface area (Å²) in [6.07, 6.45) is 1.51. The maximum absolute atomic E-state index is 12.8. The number of carbonyl (C=O) groups excluding carboxylic acids is 2. The van der Waals surface area contributed by atoms with E-state index in [-0.39, 0.29) is 23.1 Å². The second-order valence-electron chi connectivity index (χ2n) is 7.23. The lowest BCUT2D eigenvalue weighted by Gasteiger charge is -2.36. The minimum absolute atomic E-state index is 0.0131. The molecule has 1 aromatic rings. The van der Waals surface area contributed by atoms with Gasteiger partial charge in [0, 0.05) is 36.7 Å². The average molecular weight is 316 g/mol. The first-order chi connectivity index (χ1) is 10.8. The summed E-state index contributed by atoms with van der Waals surface area (Å²) in [7, 11) is 0. The summed E-state index contributed by atoms with van der Waals surface area (Å²) in [6.45, 7) is 9.87. The number of rotatable bonds is 3. The highest BCUT2D eigenvalue weighted by Crippen LogP contribution is 2.26. The van der Waals surface area contributed by atoms with Crippen LogP contribution in [0.3, 0.4) is 0 Å². The van der Waals surface area contributed by atoms with Crippen LogP contribution in [-0.2, 0) is 9.59 Å². The van der Waals surface area contributed by atoms with Crippen LogP contribution >= 0.6 is 0 Å². The number of piperidine rings is 1. The Hall–Kier alpha value is -1.84. The molecule has 1 aliphatic rings. The molecule has 0 N–H and O–H groups in total. The third kappa shape index (κ3) is 4.12. The van der Waals surface area contributed by atoms with E-state index in [9.17, 15) is 9.59 Å². The fourth-order valence-electron chi connectivity index (χ4n) is 3.10. The van der Waals surface area contributed by atoms with Crippen molar-refractivity contribution in [3.63, 3.8) is 0 Å². The SMILES string of the molecule is CCN(C(=O)C1CCN(C(=O)C(C)(C)C)CC1)c1ccccc1. The van der Waals surface area contributed by atoms with Gasteiger partial charge >= 0.3 is 0 Å². The molecule has 2 rings (SSSR count). The van der Waals surface area contributed by atoms with Gasteiger partial charge in [0.2, 0.25) is 11.8 Å². The quantitative estimate of drug-likeness (QED) is 0.858. The second kappa shape index (κ2) is 7.16. The van der Waals surface area contributed by atoms with Crippen LogP contribution in [0.1, 0.15) is 40.5 Å². The zero-order valence-corrected chi connectivity index (χ0v) is 14.7. The van der Waals surface area contributed by atoms with Crippen molar-refractivity contribution < 1.29 is 9.59 Å². The first-order valence-corrected chi connectivity index (χ1v) is 8.50. The molecule has 0 bridgehead atoms. The molecule has 0 atom stereocenters. The Kier molecular flexibility index (Phi) is 5.45. The molecule has 0 aromatic heterocycles. The summed E-state index contributed by atoms with van der Waals surface area (Å²) >= 11 is 0. The monoisotopic (exact) mass is 316 g/mol. The normalized spacial score (nSPS) is 16.3. The predicted octanol–water partition coefficient (Wildman–Crippen LogP) is 3.32. The molecule has 0 radical (unpaired) electrons. The molecule has 1 saturated heterocycles. The summed E-state index contributed by atoms with van der Waals surface area (Å²) in [6, 6.07) is 9.81. The number of hydrogen-bond acceptors (Lipinski definition) is 2. The highest BCUT2D eigenvalue weighted by Gasteiger charge is 2.33. The second-order valence-corrected chi connectivity index (χ2v) is 7.23. The van der Waals surface area contributed by atoms with Crippen LogP contribution in [0.25, 0.3) is 0 Å². The number of amides is 2. The molecule has 4 heteroatoms. The van der Waals surface area contributed by atoms with E-state index < -0.39 is 0 Å². The Morgan fingerprint density at radius 3 is 2.17 bits per heavy atom. The Morgan fingerprint density at radius 1 is 1.13 bits per heavy atom. The van der Waals surface area contributed by atoms with E-state index in [1.165, 1.54) is 0 Å². The fourth-order valence-corrected chi connectivity index (χ4v) is 3.10. The highest BCUT2D eigenvalue weighted by atomic mass is 16.2. The number of nitrogens with zero attached hydrogens (tertiary/aromatic N) is 2. The predicted molar refractivity (Wildman–Crippen MR) is 93.2 cm³/mol. The number of anilines is 1. The van der Waals surface area contributed by atoms with Crippen molar-refractivity contribution in [3.8, 4) is 0 Å². The highest BCUT2D eigenvalue weighted by molar-refractivity contribution is 5.95. The summed E-state index contributed by atoms with van der Waals surface area (Å²) in [5.41, 5.74) is 0.601. The summed E-state index contributed by atoms with van der Waals surface area (Å²) in [5.74, 6) is 0.375. The zero-order valence-electron chi connectivity index (χ0n) is 14.7. The van der Waals surface area contributed by atoms with Crippen LogP contribution in [0.5, 0.6) is 0 Å². The lowest BCUT2D eigenvalue weighted by atomic mass is 9.90. The first-order valence-electron chi connectivity index (χ1n) is 8.50. The third-order valence-electron chi connectivity index (χ3n) is 4.42. The average Bonchev–Trinajstić information content (AvgIpc) is 2.55. The standard InChI is InChI=1S/C19H28N2O2/c1-5-21(16-9-7-6-8-10-16)17(22)15-11-13-20(14-12-15)18(23)19(2,3)4/h6-10,15H,5,11-14H2,1-4H3. The number of likely N-dealkylation sites (tertiary alicyclic amines) is 1. The molecular weight excluding hydrogens is 288 g/mol. The molecule has 0 saturated carbocycles. The summed E-state index contributed by atoms with van der Waals surface area (Å²) in [4.78, 5) is 28.9. The maximum atomic E-state index is 12.8. The fraction of sp³-hybridized carbons (Fsp3) is 0.579. The molecule has 1 heterocycles. The van der Waals surface area contributed by atoms with E-state index in [1.807, 2.05) is 67.8 Å². The molecule has 126 valence electrons. The van der Waals surface area contributed by atoms with Crippen molar-refractivity contribution in [3.05, 3.63) is 30.3 Å². The van der Waals surface area contributed by atoms with Gasteiger partial charge in [-0.1, -0.05) is 39.0 Å². The lowest BCUT2D eigenvalue weighted by Crippen LogP contribution is -2.47. The van der Waals surface area contributed by atoms with Crippen molar-refractivity contribution in [2.75, 3.05) is 24.5 Å². The van der Waals surface area contributed by atoms with Crippen LogP contribution in [0.2, 0.25) is 0 Å². The van der Waals surface area contributed by atoms with E-state index in [0.29, 0.717) is 19.6 Å². The molecule has 1 fully saturated rings. The molecular formula is C19H28N2O2. The van der Waals surface area contributed by atoms with Gasteiger partial charge in [0.25, 0.3) is 0 Å². The van der Waals surface area contributed by atoms with Crippen molar-refractivity contribution in [2.45, 2.75) is 40.5 Å². The number of hydrogen-bond donors (Lipinski definition) is 0. The van der Waals surface area contributed by atoms with Gasteiger partial charge in [-0.2, -0.15) is 0 Å². The van der Waals surface area contributed by atoms with E-state index in [4.69, 9.17) is 0 Å². The largest absolute Gasteiger partial charge is 0.342 e. The Labute approximate surface area is 139 Å². The first kappa shape index (κ1) is 17.5. The number of para-hydroxylation sites is 1. The van der Waals surface area contributed by atoms with Crippen molar-refractivity contribution in [1.82, 2.24) is 4.90 Å². The van der Waals surface area contributed by atoms with Gasteiger partial charge in [-0.05, 0) is 31.9 Å². The van der Waals surface area contributed by atoms with Crippen LogP contribution in [-0.4, -0.2) is 36.3 Å². The maximum Gasteiger partial charge on any atom is 0.230 e. The molecule has 0 spiro atoms. The van der Waals surface area contributed by atoms with Crippen LogP contribution in [0.4, 0.5) is 5.69 Å². The molecule has 0 aliphatic carbocycles. The van der Waals surface area contributed by atoms with Gasteiger partial charge in [-0.3, -0.25) is 9.59 Å². The topological polar surface area (TPSA) is 40.6 Å². The van der Waals surface area contributed by atoms with Gasteiger partial charge in [-0.15, -0.1) is 0 Å². The van der Waals surface area contributed by atoms with Crippen molar-refractivity contribution in [2.24, 2.45) is 11.3 Å². The van der Waals surface area contributed by atoms with E-state index in [2.05, 4.69) is 0 Å². The van der Waals surface area contributed by atoms with Gasteiger partial charge < -0.3 is 9.80 Å². The van der Waals surface area contributed by atoms with E-state index >= 15 is 0 Å². The molecule has 1 aliphatic heterocycles. The van der Waals surface area contributed by atoms with Crippen LogP contribution in [0, 0.1) is 11.3 Å². The molecule has 1 aromatic carbocycles. The number of benzene rings is 1. The minimum Gasteiger partial charge on any atom is -0.342 e. The Morgan fingerprint density at radius 2 is 1.70 bits per heavy atom. The molecule has 2 amide bonds. The van der Waals surface area contributed by atoms with Crippen molar-refractivity contribution in [1.29, 1.82) is 0 Å².